The monoisotopic (exact) mass is 353 g/mol. The van der Waals surface area contributed by atoms with E-state index < -0.39 is 6.67 Å². The summed E-state index contributed by atoms with van der Waals surface area (Å²) >= 11 is 0. The van der Waals surface area contributed by atoms with Gasteiger partial charge in [-0.15, -0.1) is 0 Å². The molecule has 4 aliphatic heterocycles. The number of hydrogen-bond donors (Lipinski definition) is 1. The molecule has 4 aliphatic rings. The highest BCUT2D eigenvalue weighted by Crippen LogP contribution is 2.42. The van der Waals surface area contributed by atoms with Crippen molar-refractivity contribution in [2.75, 3.05) is 32.9 Å². The number of likely N-dealkylation sites (tertiary alicyclic amines) is 1. The summed E-state index contributed by atoms with van der Waals surface area (Å²) < 4.78 is 17.3. The predicted molar refractivity (Wildman–Crippen MR) is 89.9 cm³/mol. The van der Waals surface area contributed by atoms with E-state index >= 15 is 0 Å². The number of nitrogens with one attached hydrogen (secondary N) is 1. The molecule has 0 radical (unpaired) electrons. The number of ether oxygens (including phenoxy) is 1. The molecule has 0 aliphatic carbocycles. The molecule has 4 saturated heterocycles. The Kier molecular flexibility index (Phi) is 4.60. The van der Waals surface area contributed by atoms with E-state index in [9.17, 15) is 14.0 Å². The number of piperidine rings is 2. The first-order valence-corrected chi connectivity index (χ1v) is 9.62. The first kappa shape index (κ1) is 17.1. The molecule has 7 heteroatoms. The van der Waals surface area contributed by atoms with Crippen molar-refractivity contribution in [2.24, 2.45) is 5.41 Å². The van der Waals surface area contributed by atoms with Crippen LogP contribution in [0.3, 0.4) is 0 Å². The van der Waals surface area contributed by atoms with Gasteiger partial charge >= 0.3 is 6.09 Å². The van der Waals surface area contributed by atoms with Crippen LogP contribution in [-0.4, -0.2) is 72.8 Å². The van der Waals surface area contributed by atoms with E-state index in [0.717, 1.165) is 58.2 Å². The molecule has 0 aromatic heterocycles. The summed E-state index contributed by atoms with van der Waals surface area (Å²) in [4.78, 5) is 28.2. The van der Waals surface area contributed by atoms with Crippen molar-refractivity contribution in [1.82, 2.24) is 15.1 Å². The fourth-order valence-corrected chi connectivity index (χ4v) is 5.41. The SMILES string of the molecule is O=C1CC2(CCN(C3CC4CCC(C3)N4C(=O)OCCF)CC2)CN1. The number of hydrogen-bond acceptors (Lipinski definition) is 4. The van der Waals surface area contributed by atoms with Crippen LogP contribution in [0.5, 0.6) is 0 Å². The molecule has 0 aromatic carbocycles. The van der Waals surface area contributed by atoms with E-state index in [0.29, 0.717) is 12.5 Å². The number of carbonyl (C=O) groups excluding carboxylic acids is 2. The molecule has 2 bridgehead atoms. The lowest BCUT2D eigenvalue weighted by Crippen LogP contribution is -2.55. The van der Waals surface area contributed by atoms with Gasteiger partial charge in [-0.2, -0.15) is 0 Å². The zero-order chi connectivity index (χ0) is 17.4. The van der Waals surface area contributed by atoms with Crippen LogP contribution in [0, 0.1) is 5.41 Å². The molecular formula is C18H28FN3O3. The molecule has 2 atom stereocenters. The minimum Gasteiger partial charge on any atom is -0.447 e. The third-order valence-electron chi connectivity index (χ3n) is 6.79. The molecule has 0 saturated carbocycles. The van der Waals surface area contributed by atoms with Gasteiger partial charge in [0.15, 0.2) is 0 Å². The van der Waals surface area contributed by atoms with Gasteiger partial charge in [-0.1, -0.05) is 0 Å². The van der Waals surface area contributed by atoms with Crippen LogP contribution in [0.15, 0.2) is 0 Å². The summed E-state index contributed by atoms with van der Waals surface area (Å²) in [6.07, 6.45) is 6.56. The molecule has 1 spiro atoms. The van der Waals surface area contributed by atoms with Crippen molar-refractivity contribution in [2.45, 2.75) is 63.1 Å². The Balaban J connectivity index is 1.33. The Labute approximate surface area is 148 Å². The number of rotatable bonds is 3. The maximum absolute atomic E-state index is 12.3. The van der Waals surface area contributed by atoms with Crippen LogP contribution in [0.1, 0.15) is 44.9 Å². The van der Waals surface area contributed by atoms with E-state index in [2.05, 4.69) is 10.2 Å². The Morgan fingerprint density at radius 1 is 1.20 bits per heavy atom. The van der Waals surface area contributed by atoms with Crippen molar-refractivity contribution in [3.8, 4) is 0 Å². The molecule has 1 N–H and O–H groups in total. The smallest absolute Gasteiger partial charge is 0.410 e. The highest BCUT2D eigenvalue weighted by molar-refractivity contribution is 5.79. The van der Waals surface area contributed by atoms with E-state index in [4.69, 9.17) is 4.74 Å². The first-order chi connectivity index (χ1) is 12.1. The lowest BCUT2D eigenvalue weighted by atomic mass is 9.77. The molecule has 2 amide bonds. The van der Waals surface area contributed by atoms with Crippen molar-refractivity contribution in [3.63, 3.8) is 0 Å². The van der Waals surface area contributed by atoms with Gasteiger partial charge in [0, 0.05) is 31.1 Å². The standard InChI is InChI=1S/C18H28FN3O3/c19-5-8-25-17(24)22-13-1-2-14(22)10-15(9-13)21-6-3-18(4-7-21)11-16(23)20-12-18/h13-15H,1-12H2,(H,20,23). The van der Waals surface area contributed by atoms with Gasteiger partial charge in [0.25, 0.3) is 0 Å². The third-order valence-corrected chi connectivity index (χ3v) is 6.79. The van der Waals surface area contributed by atoms with Gasteiger partial charge in [-0.3, -0.25) is 4.79 Å². The van der Waals surface area contributed by atoms with Crippen molar-refractivity contribution in [3.05, 3.63) is 0 Å². The maximum atomic E-state index is 12.3. The van der Waals surface area contributed by atoms with Gasteiger partial charge in [0.05, 0.1) is 0 Å². The summed E-state index contributed by atoms with van der Waals surface area (Å²) in [5, 5.41) is 2.99. The van der Waals surface area contributed by atoms with E-state index in [-0.39, 0.29) is 36.1 Å². The number of alkyl halides is 1. The maximum Gasteiger partial charge on any atom is 0.410 e. The van der Waals surface area contributed by atoms with Gasteiger partial charge in [0.1, 0.15) is 13.3 Å². The molecule has 4 rings (SSSR count). The van der Waals surface area contributed by atoms with Crippen LogP contribution >= 0.6 is 0 Å². The molecule has 2 unspecified atom stereocenters. The van der Waals surface area contributed by atoms with Gasteiger partial charge in [-0.05, 0) is 57.0 Å². The molecule has 0 aromatic rings. The fraction of sp³-hybridized carbons (Fsp3) is 0.889. The zero-order valence-electron chi connectivity index (χ0n) is 14.7. The Hall–Kier alpha value is -1.37. The number of halogens is 1. The van der Waals surface area contributed by atoms with Crippen molar-refractivity contribution >= 4 is 12.0 Å². The second-order valence-electron chi connectivity index (χ2n) is 8.21. The summed E-state index contributed by atoms with van der Waals surface area (Å²) in [5.41, 5.74) is 0.184. The van der Waals surface area contributed by atoms with Crippen molar-refractivity contribution in [1.29, 1.82) is 0 Å². The van der Waals surface area contributed by atoms with E-state index in [1.807, 2.05) is 4.90 Å². The molecule has 4 heterocycles. The minimum atomic E-state index is -0.621. The Morgan fingerprint density at radius 3 is 2.44 bits per heavy atom. The molecule has 4 fully saturated rings. The van der Waals surface area contributed by atoms with Gasteiger partial charge in [-0.25, -0.2) is 9.18 Å². The summed E-state index contributed by atoms with van der Waals surface area (Å²) in [6.45, 7) is 2.17. The topological polar surface area (TPSA) is 61.9 Å². The summed E-state index contributed by atoms with van der Waals surface area (Å²) in [6, 6.07) is 0.994. The van der Waals surface area contributed by atoms with Crippen LogP contribution in [0.25, 0.3) is 0 Å². The largest absolute Gasteiger partial charge is 0.447 e. The number of carbonyl (C=O) groups is 2. The molecule has 6 nitrogen and oxygen atoms in total. The highest BCUT2D eigenvalue weighted by atomic mass is 19.1. The molecule has 25 heavy (non-hydrogen) atoms. The molecule has 140 valence electrons. The van der Waals surface area contributed by atoms with E-state index in [1.165, 1.54) is 0 Å². The van der Waals surface area contributed by atoms with E-state index in [1.54, 1.807) is 0 Å². The first-order valence-electron chi connectivity index (χ1n) is 9.62. The minimum absolute atomic E-state index is 0.140. The highest BCUT2D eigenvalue weighted by Gasteiger charge is 2.47. The zero-order valence-corrected chi connectivity index (χ0v) is 14.7. The van der Waals surface area contributed by atoms with Gasteiger partial charge in [0.2, 0.25) is 5.91 Å². The lowest BCUT2D eigenvalue weighted by molar-refractivity contribution is -0.119. The second kappa shape index (κ2) is 6.74. The van der Waals surface area contributed by atoms with Crippen LogP contribution < -0.4 is 5.32 Å². The Morgan fingerprint density at radius 2 is 1.88 bits per heavy atom. The quantitative estimate of drug-likeness (QED) is 0.839. The summed E-state index contributed by atoms with van der Waals surface area (Å²) in [7, 11) is 0. The average molecular weight is 353 g/mol. The number of nitrogens with zero attached hydrogens (tertiary/aromatic N) is 2. The predicted octanol–water partition coefficient (Wildman–Crippen LogP) is 1.69. The van der Waals surface area contributed by atoms with Crippen molar-refractivity contribution < 1.29 is 18.7 Å². The average Bonchev–Trinajstić information content (AvgIpc) is 3.10. The normalized spacial score (nSPS) is 34.4. The van der Waals surface area contributed by atoms with Crippen LogP contribution in [0.4, 0.5) is 9.18 Å². The van der Waals surface area contributed by atoms with Crippen LogP contribution in [-0.2, 0) is 9.53 Å². The second-order valence-corrected chi connectivity index (χ2v) is 8.21. The lowest BCUT2D eigenvalue weighted by Gasteiger charge is -2.46. The van der Waals surface area contributed by atoms with Gasteiger partial charge < -0.3 is 19.9 Å². The molecular weight excluding hydrogens is 325 g/mol. The third kappa shape index (κ3) is 3.23. The number of fused-ring (bicyclic) bond motifs is 2. The summed E-state index contributed by atoms with van der Waals surface area (Å²) in [5.74, 6) is 0.201. The number of amides is 2. The van der Waals surface area contributed by atoms with Crippen LogP contribution in [0.2, 0.25) is 0 Å². The Bertz CT molecular complexity index is 522. The fourth-order valence-electron chi connectivity index (χ4n) is 5.41.